The lowest BCUT2D eigenvalue weighted by Crippen LogP contribution is -2.45. The van der Waals surface area contributed by atoms with Gasteiger partial charge in [-0.05, 0) is 70.6 Å². The van der Waals surface area contributed by atoms with Crippen LogP contribution in [0.1, 0.15) is 251 Å². The maximum atomic E-state index is 12.4. The Morgan fingerprint density at radius 1 is 0.439 bits per heavy atom. The van der Waals surface area contributed by atoms with Gasteiger partial charge in [-0.2, -0.15) is 0 Å². The maximum Gasteiger partial charge on any atom is 0.222 e. The van der Waals surface area contributed by atoms with Crippen molar-refractivity contribution in [1.29, 1.82) is 0 Å². The first-order valence-electron chi connectivity index (χ1n) is 24.9. The molecule has 4 N–H and O–H groups in total. The Hall–Kier alpha value is -1.69. The Morgan fingerprint density at radius 2 is 0.754 bits per heavy atom. The first kappa shape index (κ1) is 55.3. The van der Waals surface area contributed by atoms with Gasteiger partial charge in [0.1, 0.15) is 0 Å². The molecule has 0 aromatic rings. The van der Waals surface area contributed by atoms with Crippen molar-refractivity contribution < 1.29 is 20.1 Å². The number of unbranched alkanes of at least 4 members (excludes halogenated alkanes) is 30. The van der Waals surface area contributed by atoms with Crippen LogP contribution in [0.3, 0.4) is 0 Å². The smallest absolute Gasteiger partial charge is 0.222 e. The third-order valence-electron chi connectivity index (χ3n) is 11.3. The first-order chi connectivity index (χ1) is 28.0. The Bertz CT molecular complexity index is 927. The molecule has 0 rings (SSSR count). The molecule has 0 aliphatic rings. The predicted octanol–water partition coefficient (Wildman–Crippen LogP) is 14.9. The highest BCUT2D eigenvalue weighted by atomic mass is 16.3. The molecule has 0 saturated carbocycles. The molecule has 5 heteroatoms. The van der Waals surface area contributed by atoms with Gasteiger partial charge in [0.2, 0.25) is 5.91 Å². The normalized spacial score (nSPS) is 13.8. The number of nitrogens with one attached hydrogen (secondary N) is 1. The van der Waals surface area contributed by atoms with E-state index in [9.17, 15) is 20.1 Å². The molecule has 0 saturated heterocycles. The lowest BCUT2D eigenvalue weighted by atomic mass is 10.0. The van der Waals surface area contributed by atoms with Crippen molar-refractivity contribution in [2.45, 2.75) is 270 Å². The van der Waals surface area contributed by atoms with Crippen molar-refractivity contribution in [1.82, 2.24) is 5.32 Å². The number of rotatable bonds is 45. The van der Waals surface area contributed by atoms with E-state index >= 15 is 0 Å². The molecule has 1 amide bonds. The summed E-state index contributed by atoms with van der Waals surface area (Å²) in [4.78, 5) is 12.4. The number of carbonyl (C=O) groups is 1. The van der Waals surface area contributed by atoms with Gasteiger partial charge in [0.15, 0.2) is 0 Å². The minimum atomic E-state index is -0.959. The van der Waals surface area contributed by atoms with Crippen LogP contribution in [0.25, 0.3) is 0 Å². The summed E-state index contributed by atoms with van der Waals surface area (Å²) in [6, 6.07) is -0.767. The fourth-order valence-electron chi connectivity index (χ4n) is 7.48. The quantitative estimate of drug-likeness (QED) is 0.0365. The topological polar surface area (TPSA) is 89.8 Å². The maximum absolute atomic E-state index is 12.4. The molecule has 334 valence electrons. The van der Waals surface area contributed by atoms with E-state index < -0.39 is 18.2 Å². The largest absolute Gasteiger partial charge is 0.394 e. The fraction of sp³-hybridized carbons (Fsp3) is 0.827. The zero-order valence-electron chi connectivity index (χ0n) is 38.0. The minimum absolute atomic E-state index is 0.00223. The highest BCUT2D eigenvalue weighted by molar-refractivity contribution is 5.76. The van der Waals surface area contributed by atoms with E-state index in [1.807, 2.05) is 6.08 Å². The summed E-state index contributed by atoms with van der Waals surface area (Å²) in [6.07, 6.45) is 61.4. The highest BCUT2D eigenvalue weighted by Crippen LogP contribution is 2.16. The second-order valence-electron chi connectivity index (χ2n) is 17.0. The minimum Gasteiger partial charge on any atom is -0.394 e. The van der Waals surface area contributed by atoms with E-state index in [1.54, 1.807) is 6.08 Å². The molecule has 0 spiro atoms. The zero-order valence-corrected chi connectivity index (χ0v) is 38.0. The molecular weight excluding hydrogens is 703 g/mol. The van der Waals surface area contributed by atoms with Gasteiger partial charge in [0, 0.05) is 0 Å². The first-order valence-corrected chi connectivity index (χ1v) is 24.9. The SMILES string of the molecule is CCCCC/C=C/CC/C=C/CC/C=C/C(O)C(CO)NC(=O)CC(O)CCCCCCCCCCCCCCC/C=C\CCCCCCCCCCCCCC. The van der Waals surface area contributed by atoms with E-state index in [4.69, 9.17) is 0 Å². The Morgan fingerprint density at radius 3 is 1.16 bits per heavy atom. The fourth-order valence-corrected chi connectivity index (χ4v) is 7.48. The Balaban J connectivity index is 3.57. The van der Waals surface area contributed by atoms with Gasteiger partial charge >= 0.3 is 0 Å². The van der Waals surface area contributed by atoms with Crippen LogP contribution < -0.4 is 5.32 Å². The number of hydrogen-bond donors (Lipinski definition) is 4. The highest BCUT2D eigenvalue weighted by Gasteiger charge is 2.20. The lowest BCUT2D eigenvalue weighted by molar-refractivity contribution is -0.124. The predicted molar refractivity (Wildman–Crippen MR) is 250 cm³/mol. The summed E-state index contributed by atoms with van der Waals surface area (Å²) >= 11 is 0. The van der Waals surface area contributed by atoms with E-state index in [1.165, 1.54) is 186 Å². The van der Waals surface area contributed by atoms with Gasteiger partial charge in [-0.25, -0.2) is 0 Å². The van der Waals surface area contributed by atoms with Crippen molar-refractivity contribution in [2.75, 3.05) is 6.61 Å². The van der Waals surface area contributed by atoms with Crippen LogP contribution in [0.5, 0.6) is 0 Å². The molecular formula is C52H97NO4. The number of hydrogen-bond acceptors (Lipinski definition) is 4. The van der Waals surface area contributed by atoms with E-state index in [2.05, 4.69) is 55.6 Å². The third kappa shape index (κ3) is 43.7. The van der Waals surface area contributed by atoms with E-state index in [0.717, 1.165) is 38.5 Å². The van der Waals surface area contributed by atoms with Gasteiger partial charge in [-0.1, -0.05) is 223 Å². The van der Waals surface area contributed by atoms with Crippen LogP contribution in [0.15, 0.2) is 48.6 Å². The molecule has 5 nitrogen and oxygen atoms in total. The summed E-state index contributed by atoms with van der Waals surface area (Å²) in [5, 5.41) is 33.2. The van der Waals surface area contributed by atoms with Crippen molar-refractivity contribution in [3.8, 4) is 0 Å². The van der Waals surface area contributed by atoms with Gasteiger partial charge in [0.25, 0.3) is 0 Å². The second-order valence-corrected chi connectivity index (χ2v) is 17.0. The van der Waals surface area contributed by atoms with E-state index in [0.29, 0.717) is 6.42 Å². The summed E-state index contributed by atoms with van der Waals surface area (Å²) < 4.78 is 0. The average Bonchev–Trinajstić information content (AvgIpc) is 3.20. The summed E-state index contributed by atoms with van der Waals surface area (Å²) in [5.41, 5.74) is 0. The molecule has 0 fully saturated rings. The molecule has 0 aliphatic carbocycles. The van der Waals surface area contributed by atoms with Gasteiger partial charge in [-0.15, -0.1) is 0 Å². The molecule has 0 bridgehead atoms. The van der Waals surface area contributed by atoms with Gasteiger partial charge < -0.3 is 20.6 Å². The standard InChI is InChI=1S/C52H97NO4/c1-3-5-7-9-11-13-15-17-18-19-20-21-22-23-24-25-26-27-28-29-30-31-32-34-35-37-39-41-43-45-49(55)47-52(57)53-50(48-54)51(56)46-44-42-40-38-36-33-16-14-12-10-8-6-4-2/h12,14,23-24,36,38,44,46,49-51,54-56H,3-11,13,15-22,25-35,37,39-43,45,47-48H2,1-2H3,(H,53,57)/b14-12+,24-23-,38-36+,46-44+. The molecule has 0 aromatic heterocycles. The number of allylic oxidation sites excluding steroid dienone is 7. The van der Waals surface area contributed by atoms with Crippen molar-refractivity contribution in [3.05, 3.63) is 48.6 Å². The molecule has 0 heterocycles. The van der Waals surface area contributed by atoms with Crippen LogP contribution in [0, 0.1) is 0 Å². The molecule has 0 aromatic carbocycles. The monoisotopic (exact) mass is 800 g/mol. The molecule has 0 aliphatic heterocycles. The lowest BCUT2D eigenvalue weighted by Gasteiger charge is -2.21. The number of aliphatic hydroxyl groups excluding tert-OH is 3. The zero-order chi connectivity index (χ0) is 41.5. The van der Waals surface area contributed by atoms with Gasteiger partial charge in [-0.3, -0.25) is 4.79 Å². The number of aliphatic hydroxyl groups is 3. The third-order valence-corrected chi connectivity index (χ3v) is 11.3. The molecule has 3 atom stereocenters. The van der Waals surface area contributed by atoms with Gasteiger partial charge in [0.05, 0.1) is 31.3 Å². The Kier molecular flexibility index (Phi) is 45.6. The van der Waals surface area contributed by atoms with Crippen molar-refractivity contribution in [3.63, 3.8) is 0 Å². The average molecular weight is 800 g/mol. The van der Waals surface area contributed by atoms with Crippen LogP contribution in [0.2, 0.25) is 0 Å². The number of amides is 1. The van der Waals surface area contributed by atoms with Crippen LogP contribution in [0.4, 0.5) is 0 Å². The van der Waals surface area contributed by atoms with Crippen molar-refractivity contribution >= 4 is 5.91 Å². The molecule has 0 radical (unpaired) electrons. The Labute approximate surface area is 355 Å². The van der Waals surface area contributed by atoms with Crippen LogP contribution in [-0.2, 0) is 4.79 Å². The molecule has 3 unspecified atom stereocenters. The molecule has 57 heavy (non-hydrogen) atoms. The van der Waals surface area contributed by atoms with Crippen LogP contribution >= 0.6 is 0 Å². The summed E-state index contributed by atoms with van der Waals surface area (Å²) in [5.74, 6) is -0.330. The van der Waals surface area contributed by atoms with Crippen LogP contribution in [-0.4, -0.2) is 46.1 Å². The second kappa shape index (κ2) is 47.0. The summed E-state index contributed by atoms with van der Waals surface area (Å²) in [7, 11) is 0. The van der Waals surface area contributed by atoms with E-state index in [-0.39, 0.29) is 18.9 Å². The summed E-state index contributed by atoms with van der Waals surface area (Å²) in [6.45, 7) is 4.17. The number of carbonyl (C=O) groups excluding carboxylic acids is 1. The van der Waals surface area contributed by atoms with Crippen molar-refractivity contribution in [2.24, 2.45) is 0 Å².